The second-order valence-electron chi connectivity index (χ2n) is 6.46. The maximum Gasteiger partial charge on any atom is 0.323 e. The standard InChI is InChI=1S/C16H22N2O3/c1-16(2,3)18(10-14(19)20)15(21)17-13-9-12(13)11-7-5-4-6-8-11/h4-8,12-13H,9-10H2,1-3H3,(H,17,21)(H,19,20). The molecule has 114 valence electrons. The summed E-state index contributed by atoms with van der Waals surface area (Å²) in [6.45, 7) is 5.20. The highest BCUT2D eigenvalue weighted by Crippen LogP contribution is 2.40. The van der Waals surface area contributed by atoms with Crippen LogP contribution in [0.2, 0.25) is 0 Å². The van der Waals surface area contributed by atoms with E-state index in [1.54, 1.807) is 0 Å². The van der Waals surface area contributed by atoms with Gasteiger partial charge in [-0.2, -0.15) is 0 Å². The molecule has 0 aliphatic heterocycles. The van der Waals surface area contributed by atoms with Gasteiger partial charge in [0.25, 0.3) is 0 Å². The molecule has 2 rings (SSSR count). The Kier molecular flexibility index (Phi) is 4.21. The number of hydrogen-bond acceptors (Lipinski definition) is 2. The van der Waals surface area contributed by atoms with Crippen LogP contribution in [0.25, 0.3) is 0 Å². The Balaban J connectivity index is 1.96. The molecule has 2 unspecified atom stereocenters. The van der Waals surface area contributed by atoms with Crippen molar-refractivity contribution in [3.8, 4) is 0 Å². The highest BCUT2D eigenvalue weighted by atomic mass is 16.4. The van der Waals surface area contributed by atoms with Crippen molar-refractivity contribution < 1.29 is 14.7 Å². The fourth-order valence-corrected chi connectivity index (χ4v) is 2.41. The van der Waals surface area contributed by atoms with Crippen molar-refractivity contribution in [3.63, 3.8) is 0 Å². The molecule has 0 heterocycles. The SMILES string of the molecule is CC(C)(C)N(CC(=O)O)C(=O)NC1CC1c1ccccc1. The third-order valence-electron chi connectivity index (χ3n) is 3.68. The Labute approximate surface area is 125 Å². The van der Waals surface area contributed by atoms with Crippen LogP contribution in [0.3, 0.4) is 0 Å². The van der Waals surface area contributed by atoms with Crippen LogP contribution < -0.4 is 5.32 Å². The lowest BCUT2D eigenvalue weighted by Crippen LogP contribution is -2.53. The van der Waals surface area contributed by atoms with E-state index >= 15 is 0 Å². The fourth-order valence-electron chi connectivity index (χ4n) is 2.41. The molecule has 1 saturated carbocycles. The molecule has 0 spiro atoms. The van der Waals surface area contributed by atoms with Crippen LogP contribution in [-0.2, 0) is 4.79 Å². The van der Waals surface area contributed by atoms with E-state index in [0.29, 0.717) is 5.92 Å². The van der Waals surface area contributed by atoms with Crippen LogP contribution in [0, 0.1) is 0 Å². The molecule has 1 aromatic rings. The molecule has 2 N–H and O–H groups in total. The van der Waals surface area contributed by atoms with E-state index in [-0.39, 0.29) is 18.6 Å². The molecule has 0 radical (unpaired) electrons. The number of aliphatic carboxylic acids is 1. The third kappa shape index (κ3) is 3.97. The lowest BCUT2D eigenvalue weighted by molar-refractivity contribution is -0.138. The molecule has 2 amide bonds. The van der Waals surface area contributed by atoms with Gasteiger partial charge in [-0.05, 0) is 32.8 Å². The van der Waals surface area contributed by atoms with Gasteiger partial charge in [0.1, 0.15) is 6.54 Å². The number of carboxylic acid groups (broad SMARTS) is 1. The molecule has 21 heavy (non-hydrogen) atoms. The Morgan fingerprint density at radius 2 is 1.90 bits per heavy atom. The topological polar surface area (TPSA) is 69.6 Å². The first-order valence-corrected chi connectivity index (χ1v) is 7.14. The Morgan fingerprint density at radius 3 is 2.43 bits per heavy atom. The lowest BCUT2D eigenvalue weighted by Gasteiger charge is -2.34. The predicted molar refractivity (Wildman–Crippen MR) is 80.2 cm³/mol. The summed E-state index contributed by atoms with van der Waals surface area (Å²) < 4.78 is 0. The average Bonchev–Trinajstić information content (AvgIpc) is 3.14. The minimum atomic E-state index is -1.00. The highest BCUT2D eigenvalue weighted by Gasteiger charge is 2.41. The maximum atomic E-state index is 12.3. The van der Waals surface area contributed by atoms with Gasteiger partial charge in [0.05, 0.1) is 0 Å². The summed E-state index contributed by atoms with van der Waals surface area (Å²) in [5.74, 6) is -0.669. The second kappa shape index (κ2) is 5.76. The van der Waals surface area contributed by atoms with Crippen LogP contribution in [0.15, 0.2) is 30.3 Å². The smallest absolute Gasteiger partial charge is 0.323 e. The van der Waals surface area contributed by atoms with E-state index < -0.39 is 11.5 Å². The van der Waals surface area contributed by atoms with Gasteiger partial charge in [-0.1, -0.05) is 30.3 Å². The molecule has 5 nitrogen and oxygen atoms in total. The first-order valence-electron chi connectivity index (χ1n) is 7.14. The van der Waals surface area contributed by atoms with Crippen molar-refractivity contribution in [1.82, 2.24) is 10.2 Å². The van der Waals surface area contributed by atoms with Crippen LogP contribution >= 0.6 is 0 Å². The monoisotopic (exact) mass is 290 g/mol. The first kappa shape index (κ1) is 15.4. The molecule has 1 aliphatic rings. The molecule has 1 fully saturated rings. The van der Waals surface area contributed by atoms with Gasteiger partial charge in [0.2, 0.25) is 0 Å². The van der Waals surface area contributed by atoms with Crippen molar-refractivity contribution in [2.24, 2.45) is 0 Å². The lowest BCUT2D eigenvalue weighted by atomic mass is 10.1. The van der Waals surface area contributed by atoms with E-state index in [1.807, 2.05) is 39.0 Å². The van der Waals surface area contributed by atoms with Crippen LogP contribution in [0.5, 0.6) is 0 Å². The Bertz CT molecular complexity index is 522. The van der Waals surface area contributed by atoms with E-state index in [9.17, 15) is 9.59 Å². The molecule has 0 aromatic heterocycles. The van der Waals surface area contributed by atoms with Crippen molar-refractivity contribution in [1.29, 1.82) is 0 Å². The van der Waals surface area contributed by atoms with Gasteiger partial charge in [-0.25, -0.2) is 4.79 Å². The van der Waals surface area contributed by atoms with E-state index in [4.69, 9.17) is 5.11 Å². The van der Waals surface area contributed by atoms with E-state index in [1.165, 1.54) is 10.5 Å². The van der Waals surface area contributed by atoms with E-state index in [2.05, 4.69) is 17.4 Å². The second-order valence-corrected chi connectivity index (χ2v) is 6.46. The first-order chi connectivity index (χ1) is 9.79. The molecule has 5 heteroatoms. The van der Waals surface area contributed by atoms with Crippen molar-refractivity contribution in [3.05, 3.63) is 35.9 Å². The highest BCUT2D eigenvalue weighted by molar-refractivity contribution is 5.81. The largest absolute Gasteiger partial charge is 0.480 e. The van der Waals surface area contributed by atoms with Gasteiger partial charge in [0.15, 0.2) is 0 Å². The number of nitrogens with zero attached hydrogens (tertiary/aromatic N) is 1. The molecule has 2 atom stereocenters. The summed E-state index contributed by atoms with van der Waals surface area (Å²) in [5, 5.41) is 11.9. The number of nitrogens with one attached hydrogen (secondary N) is 1. The molecule has 0 saturated heterocycles. The van der Waals surface area contributed by atoms with Gasteiger partial charge in [0, 0.05) is 17.5 Å². The van der Waals surface area contributed by atoms with Crippen molar-refractivity contribution in [2.45, 2.75) is 44.7 Å². The zero-order chi connectivity index (χ0) is 15.6. The normalized spacial score (nSPS) is 20.7. The van der Waals surface area contributed by atoms with Crippen molar-refractivity contribution >= 4 is 12.0 Å². The number of carboxylic acids is 1. The molecule has 1 aliphatic carbocycles. The zero-order valence-corrected chi connectivity index (χ0v) is 12.7. The third-order valence-corrected chi connectivity index (χ3v) is 3.68. The fraction of sp³-hybridized carbons (Fsp3) is 0.500. The maximum absolute atomic E-state index is 12.3. The van der Waals surface area contributed by atoms with E-state index in [0.717, 1.165) is 6.42 Å². The van der Waals surface area contributed by atoms with Crippen LogP contribution in [0.4, 0.5) is 4.79 Å². The minimum absolute atomic E-state index is 0.0959. The summed E-state index contributed by atoms with van der Waals surface area (Å²) in [7, 11) is 0. The van der Waals surface area contributed by atoms with Crippen molar-refractivity contribution in [2.75, 3.05) is 6.54 Å². The zero-order valence-electron chi connectivity index (χ0n) is 12.7. The number of amides is 2. The van der Waals surface area contributed by atoms with Gasteiger partial charge < -0.3 is 15.3 Å². The number of rotatable bonds is 4. The van der Waals surface area contributed by atoms with Crippen LogP contribution in [0.1, 0.15) is 38.7 Å². The number of carbonyl (C=O) groups is 2. The summed E-state index contributed by atoms with van der Waals surface area (Å²) in [6, 6.07) is 9.82. The predicted octanol–water partition coefficient (Wildman–Crippen LogP) is 2.44. The number of hydrogen-bond donors (Lipinski definition) is 2. The Morgan fingerprint density at radius 1 is 1.29 bits per heavy atom. The minimum Gasteiger partial charge on any atom is -0.480 e. The van der Waals surface area contributed by atoms with Gasteiger partial charge >= 0.3 is 12.0 Å². The summed E-state index contributed by atoms with van der Waals surface area (Å²) in [4.78, 5) is 24.6. The van der Waals surface area contributed by atoms with Gasteiger partial charge in [-0.3, -0.25) is 4.79 Å². The molecular weight excluding hydrogens is 268 g/mol. The van der Waals surface area contributed by atoms with Gasteiger partial charge in [-0.15, -0.1) is 0 Å². The number of benzene rings is 1. The average molecular weight is 290 g/mol. The number of urea groups is 1. The molecular formula is C16H22N2O3. The summed E-state index contributed by atoms with van der Waals surface area (Å²) in [6.07, 6.45) is 0.904. The molecule has 1 aromatic carbocycles. The van der Waals surface area contributed by atoms with Crippen LogP contribution in [-0.4, -0.2) is 40.1 Å². The Hall–Kier alpha value is -2.04. The summed E-state index contributed by atoms with van der Waals surface area (Å²) >= 11 is 0. The quantitative estimate of drug-likeness (QED) is 0.894. The summed E-state index contributed by atoms with van der Waals surface area (Å²) in [5.41, 5.74) is 0.683. The molecule has 0 bridgehead atoms. The number of carbonyl (C=O) groups excluding carboxylic acids is 1.